The number of unbranched alkanes of at least 4 members (excludes halogenated alkanes) is 19. The average molecular weight is 1030 g/mol. The molecule has 1 heterocycles. The van der Waals surface area contributed by atoms with E-state index in [1.54, 1.807) is 0 Å². The van der Waals surface area contributed by atoms with Gasteiger partial charge in [-0.15, -0.1) is 0 Å². The van der Waals surface area contributed by atoms with E-state index in [0.717, 1.165) is 122 Å². The van der Waals surface area contributed by atoms with E-state index in [-0.39, 0.29) is 25.9 Å². The summed E-state index contributed by atoms with van der Waals surface area (Å²) in [5.41, 5.74) is 0. The second-order valence-electron chi connectivity index (χ2n) is 19.2. The SMILES string of the molecule is CC/C=C\C/C=C\C/C=C\C/C=C\CCCCC(=O)OCC(COC1OC(C(=O)O)C(O)C(O)C1OC(=O)CCCCCCC/C=C\CCCCCC)OC(=O)CCCCCCC/C=C\C/C=C\CCCCC. The van der Waals surface area contributed by atoms with Crippen molar-refractivity contribution < 1.29 is 58.2 Å². The van der Waals surface area contributed by atoms with Crippen molar-refractivity contribution in [1.29, 1.82) is 0 Å². The predicted molar refractivity (Wildman–Crippen MR) is 294 cm³/mol. The van der Waals surface area contributed by atoms with Crippen LogP contribution in [0.1, 0.15) is 226 Å². The van der Waals surface area contributed by atoms with Crippen LogP contribution in [0.15, 0.2) is 85.1 Å². The Kier molecular flexibility index (Phi) is 44.7. The summed E-state index contributed by atoms with van der Waals surface area (Å²) in [7, 11) is 0. The summed E-state index contributed by atoms with van der Waals surface area (Å²) < 4.78 is 28.3. The van der Waals surface area contributed by atoms with E-state index in [2.05, 4.69) is 106 Å². The number of carbonyl (C=O) groups excluding carboxylic acids is 3. The molecular formula is C61H100O12. The molecule has 12 heteroatoms. The number of aliphatic hydroxyl groups excluding tert-OH is 2. The first-order valence-corrected chi connectivity index (χ1v) is 28.6. The maximum atomic E-state index is 13.1. The summed E-state index contributed by atoms with van der Waals surface area (Å²) in [5.74, 6) is -3.21. The number of hydrogen-bond donors (Lipinski definition) is 3. The van der Waals surface area contributed by atoms with Crippen molar-refractivity contribution in [2.75, 3.05) is 13.2 Å². The minimum Gasteiger partial charge on any atom is -0.479 e. The van der Waals surface area contributed by atoms with Gasteiger partial charge in [-0.2, -0.15) is 0 Å². The van der Waals surface area contributed by atoms with Gasteiger partial charge in [-0.1, -0.05) is 176 Å². The zero-order chi connectivity index (χ0) is 53.3. The van der Waals surface area contributed by atoms with Crippen LogP contribution in [0.4, 0.5) is 0 Å². The van der Waals surface area contributed by atoms with Crippen LogP contribution in [0.25, 0.3) is 0 Å². The first-order valence-electron chi connectivity index (χ1n) is 28.6. The number of carboxylic acids is 1. The average Bonchev–Trinajstić information content (AvgIpc) is 3.37. The fourth-order valence-corrected chi connectivity index (χ4v) is 8.03. The van der Waals surface area contributed by atoms with E-state index in [4.69, 9.17) is 23.7 Å². The first kappa shape index (κ1) is 66.9. The molecule has 0 aromatic heterocycles. The van der Waals surface area contributed by atoms with E-state index in [1.165, 1.54) is 44.9 Å². The lowest BCUT2D eigenvalue weighted by Gasteiger charge is -2.40. The molecule has 0 saturated carbocycles. The number of allylic oxidation sites excluding steroid dienone is 14. The van der Waals surface area contributed by atoms with Gasteiger partial charge in [0.25, 0.3) is 0 Å². The Bertz CT molecular complexity index is 1590. The Morgan fingerprint density at radius 3 is 1.38 bits per heavy atom. The van der Waals surface area contributed by atoms with Gasteiger partial charge in [0.15, 0.2) is 24.6 Å². The number of rotatable bonds is 47. The largest absolute Gasteiger partial charge is 0.479 e. The second-order valence-corrected chi connectivity index (χ2v) is 19.2. The fraction of sp³-hybridized carbons (Fsp3) is 0.705. The third-order valence-corrected chi connectivity index (χ3v) is 12.4. The van der Waals surface area contributed by atoms with Crippen molar-refractivity contribution in [3.05, 3.63) is 85.1 Å². The molecule has 6 atom stereocenters. The molecule has 0 aromatic rings. The second kappa shape index (κ2) is 48.8. The van der Waals surface area contributed by atoms with Gasteiger partial charge in [-0.3, -0.25) is 14.4 Å². The molecule has 73 heavy (non-hydrogen) atoms. The van der Waals surface area contributed by atoms with Crippen LogP contribution in [0.2, 0.25) is 0 Å². The highest BCUT2D eigenvalue weighted by Crippen LogP contribution is 2.26. The quantitative estimate of drug-likeness (QED) is 0.0228. The van der Waals surface area contributed by atoms with Gasteiger partial charge < -0.3 is 39.0 Å². The standard InChI is InChI=1S/C61H100O12/c1-4-7-10-13-16-19-22-25-27-30-32-35-38-41-44-47-53(62)69-50-52(71-54(63)48-45-42-39-36-34-31-28-26-23-20-17-14-11-8-5-2)51-70-61-59(57(66)56(65)58(73-61)60(67)68)72-55(64)49-46-43-40-37-33-29-24-21-18-15-12-9-6-3/h7,10,16-17,19-21,24-28,32,35,52,56-59,61,65-66H,4-6,8-9,11-15,18,22-23,29-31,33-34,36-51H2,1-3H3,(H,67,68)/b10-7-,19-16-,20-17-,24-21-,27-25-,28-26-,35-32-. The summed E-state index contributed by atoms with van der Waals surface area (Å²) in [6.07, 6.45) is 49.9. The van der Waals surface area contributed by atoms with Crippen LogP contribution in [-0.4, -0.2) is 89.2 Å². The Hall–Kier alpha value is -4.10. The first-order chi connectivity index (χ1) is 35.6. The number of aliphatic carboxylic acids is 1. The van der Waals surface area contributed by atoms with Gasteiger partial charge in [0.05, 0.1) is 6.61 Å². The zero-order valence-corrected chi connectivity index (χ0v) is 45.6. The maximum Gasteiger partial charge on any atom is 0.335 e. The van der Waals surface area contributed by atoms with Crippen molar-refractivity contribution in [1.82, 2.24) is 0 Å². The van der Waals surface area contributed by atoms with Gasteiger partial charge in [0.1, 0.15) is 18.8 Å². The molecule has 0 amide bonds. The number of carboxylic acid groups (broad SMARTS) is 1. The Labute approximate surface area is 441 Å². The lowest BCUT2D eigenvalue weighted by molar-refractivity contribution is -0.301. The topological polar surface area (TPSA) is 175 Å². The fourth-order valence-electron chi connectivity index (χ4n) is 8.03. The maximum absolute atomic E-state index is 13.1. The molecule has 416 valence electrons. The monoisotopic (exact) mass is 1020 g/mol. The highest BCUT2D eigenvalue weighted by Gasteiger charge is 2.50. The Morgan fingerprint density at radius 2 is 0.863 bits per heavy atom. The number of hydrogen-bond acceptors (Lipinski definition) is 11. The smallest absolute Gasteiger partial charge is 0.335 e. The Morgan fingerprint density at radius 1 is 0.466 bits per heavy atom. The van der Waals surface area contributed by atoms with E-state index < -0.39 is 67.3 Å². The molecule has 0 radical (unpaired) electrons. The molecule has 0 aliphatic carbocycles. The Balaban J connectivity index is 2.76. The van der Waals surface area contributed by atoms with Gasteiger partial charge in [-0.25, -0.2) is 4.79 Å². The van der Waals surface area contributed by atoms with Crippen LogP contribution in [0.5, 0.6) is 0 Å². The number of ether oxygens (including phenoxy) is 5. The van der Waals surface area contributed by atoms with Crippen LogP contribution in [0, 0.1) is 0 Å². The van der Waals surface area contributed by atoms with Crippen LogP contribution in [-0.2, 0) is 42.9 Å². The summed E-state index contributed by atoms with van der Waals surface area (Å²) in [6, 6.07) is 0. The third kappa shape index (κ3) is 39.0. The third-order valence-electron chi connectivity index (χ3n) is 12.4. The molecule has 3 N–H and O–H groups in total. The van der Waals surface area contributed by atoms with Crippen molar-refractivity contribution in [2.24, 2.45) is 0 Å². The predicted octanol–water partition coefficient (Wildman–Crippen LogP) is 14.3. The van der Waals surface area contributed by atoms with E-state index in [9.17, 15) is 34.5 Å². The molecule has 1 saturated heterocycles. The van der Waals surface area contributed by atoms with Gasteiger partial charge in [0, 0.05) is 19.3 Å². The lowest BCUT2D eigenvalue weighted by atomic mass is 9.98. The molecule has 12 nitrogen and oxygen atoms in total. The van der Waals surface area contributed by atoms with Crippen LogP contribution in [0.3, 0.4) is 0 Å². The molecule has 1 aliphatic heterocycles. The summed E-state index contributed by atoms with van der Waals surface area (Å²) in [4.78, 5) is 51.0. The highest BCUT2D eigenvalue weighted by atomic mass is 16.7. The molecule has 1 rings (SSSR count). The van der Waals surface area contributed by atoms with E-state index in [1.807, 2.05) is 0 Å². The lowest BCUT2D eigenvalue weighted by Crippen LogP contribution is -2.61. The molecule has 1 fully saturated rings. The molecule has 0 bridgehead atoms. The van der Waals surface area contributed by atoms with Crippen molar-refractivity contribution >= 4 is 23.9 Å². The van der Waals surface area contributed by atoms with Crippen LogP contribution < -0.4 is 0 Å². The summed E-state index contributed by atoms with van der Waals surface area (Å²) >= 11 is 0. The summed E-state index contributed by atoms with van der Waals surface area (Å²) in [6.45, 7) is 5.77. The number of carbonyl (C=O) groups is 4. The van der Waals surface area contributed by atoms with Crippen molar-refractivity contribution in [3.63, 3.8) is 0 Å². The minimum absolute atomic E-state index is 0.0415. The molecule has 1 aliphatic rings. The van der Waals surface area contributed by atoms with Gasteiger partial charge in [0.2, 0.25) is 0 Å². The number of esters is 3. The van der Waals surface area contributed by atoms with Crippen molar-refractivity contribution in [3.8, 4) is 0 Å². The molecule has 0 aromatic carbocycles. The molecular weight excluding hydrogens is 925 g/mol. The van der Waals surface area contributed by atoms with E-state index in [0.29, 0.717) is 19.3 Å². The van der Waals surface area contributed by atoms with Gasteiger partial charge in [-0.05, 0) is 116 Å². The molecule has 0 spiro atoms. The van der Waals surface area contributed by atoms with E-state index >= 15 is 0 Å². The summed E-state index contributed by atoms with van der Waals surface area (Å²) in [5, 5.41) is 31.4. The molecule has 6 unspecified atom stereocenters. The number of aliphatic hydroxyl groups is 2. The van der Waals surface area contributed by atoms with Crippen LogP contribution >= 0.6 is 0 Å². The zero-order valence-electron chi connectivity index (χ0n) is 45.6. The minimum atomic E-state index is -1.91. The van der Waals surface area contributed by atoms with Crippen molar-refractivity contribution in [2.45, 2.75) is 263 Å². The highest BCUT2D eigenvalue weighted by molar-refractivity contribution is 5.74. The normalized spacial score (nSPS) is 18.9. The van der Waals surface area contributed by atoms with Gasteiger partial charge >= 0.3 is 23.9 Å².